The Hall–Kier alpha value is -3.61. The molecule has 0 aliphatic rings. The van der Waals surface area contributed by atoms with Gasteiger partial charge in [0.15, 0.2) is 0 Å². The molecule has 0 radical (unpaired) electrons. The van der Waals surface area contributed by atoms with Gasteiger partial charge in [-0.3, -0.25) is 9.67 Å². The molecule has 134 valence electrons. The van der Waals surface area contributed by atoms with Crippen LogP contribution in [0.1, 0.15) is 18.0 Å². The van der Waals surface area contributed by atoms with Crippen LogP contribution < -0.4 is 5.32 Å². The van der Waals surface area contributed by atoms with Crippen LogP contribution in [0.4, 0.5) is 5.95 Å². The third-order valence-electron chi connectivity index (χ3n) is 4.23. The molecule has 3 heterocycles. The van der Waals surface area contributed by atoms with Gasteiger partial charge < -0.3 is 5.32 Å². The van der Waals surface area contributed by atoms with Gasteiger partial charge in [0.25, 0.3) is 0 Å². The highest BCUT2D eigenvalue weighted by molar-refractivity contribution is 5.58. The Morgan fingerprint density at radius 2 is 1.89 bits per heavy atom. The first kappa shape index (κ1) is 16.8. The lowest BCUT2D eigenvalue weighted by molar-refractivity contribution is 0.536. The predicted molar refractivity (Wildman–Crippen MR) is 103 cm³/mol. The maximum absolute atomic E-state index is 4.66. The molecule has 1 aromatic carbocycles. The summed E-state index contributed by atoms with van der Waals surface area (Å²) < 4.78 is 1.82. The molecule has 4 rings (SSSR count). The number of hydrogen-bond donors (Lipinski definition) is 1. The smallest absolute Gasteiger partial charge is 0.223 e. The van der Waals surface area contributed by atoms with Gasteiger partial charge in [0.05, 0.1) is 11.7 Å². The molecule has 4 aromatic rings. The summed E-state index contributed by atoms with van der Waals surface area (Å²) in [4.78, 5) is 17.2. The molecule has 3 aromatic heterocycles. The number of pyridine rings is 1. The van der Waals surface area contributed by atoms with Gasteiger partial charge in [-0.15, -0.1) is 0 Å². The van der Waals surface area contributed by atoms with Crippen molar-refractivity contribution in [3.05, 3.63) is 85.3 Å². The maximum Gasteiger partial charge on any atom is 0.223 e. The summed E-state index contributed by atoms with van der Waals surface area (Å²) in [6.45, 7) is 0.745. The second kappa shape index (κ2) is 8.18. The van der Waals surface area contributed by atoms with Crippen molar-refractivity contribution in [3.8, 4) is 11.3 Å². The lowest BCUT2D eigenvalue weighted by atomic mass is 10.0. The third kappa shape index (κ3) is 4.33. The standard InChI is InChI=1S/C20H19N7/c1-2-5-16(6-3-1)19(9-12-27-15-22-14-24-27)26-20-23-11-8-18(25-20)17-7-4-10-21-13-17/h1-8,10-11,13-15,19H,9,12H2,(H,23,25,26). The van der Waals surface area contributed by atoms with Crippen molar-refractivity contribution in [1.82, 2.24) is 29.7 Å². The molecule has 0 spiro atoms. The summed E-state index contributed by atoms with van der Waals surface area (Å²) in [6.07, 6.45) is 9.41. The average molecular weight is 357 g/mol. The van der Waals surface area contributed by atoms with Gasteiger partial charge in [0.2, 0.25) is 5.95 Å². The van der Waals surface area contributed by atoms with E-state index in [2.05, 4.69) is 42.5 Å². The second-order valence-corrected chi connectivity index (χ2v) is 6.06. The molecule has 1 N–H and O–H groups in total. The van der Waals surface area contributed by atoms with Crippen molar-refractivity contribution in [2.45, 2.75) is 19.0 Å². The van der Waals surface area contributed by atoms with Crippen molar-refractivity contribution < 1.29 is 0 Å². The Morgan fingerprint density at radius 3 is 2.67 bits per heavy atom. The fourth-order valence-electron chi connectivity index (χ4n) is 2.88. The molecular weight excluding hydrogens is 338 g/mol. The Bertz CT molecular complexity index is 956. The van der Waals surface area contributed by atoms with E-state index in [9.17, 15) is 0 Å². The minimum Gasteiger partial charge on any atom is -0.347 e. The molecule has 0 saturated heterocycles. The number of benzene rings is 1. The molecule has 7 heteroatoms. The molecule has 7 nitrogen and oxygen atoms in total. The summed E-state index contributed by atoms with van der Waals surface area (Å²) in [6, 6.07) is 16.1. The number of anilines is 1. The first-order valence-electron chi connectivity index (χ1n) is 8.76. The van der Waals surface area contributed by atoms with Crippen LogP contribution in [0.3, 0.4) is 0 Å². The largest absolute Gasteiger partial charge is 0.347 e. The molecule has 0 fully saturated rings. The lowest BCUT2D eigenvalue weighted by Crippen LogP contribution is -2.16. The molecule has 27 heavy (non-hydrogen) atoms. The molecule has 1 atom stereocenters. The predicted octanol–water partition coefficient (Wildman–Crippen LogP) is 3.37. The van der Waals surface area contributed by atoms with Crippen LogP contribution in [-0.4, -0.2) is 29.7 Å². The van der Waals surface area contributed by atoms with Crippen LogP contribution in [0.5, 0.6) is 0 Å². The SMILES string of the molecule is c1ccc(C(CCn2cncn2)Nc2nccc(-c3cccnc3)n2)cc1. The first-order valence-corrected chi connectivity index (χ1v) is 8.76. The number of aryl methyl sites for hydroxylation is 1. The van der Waals surface area contributed by atoms with Crippen molar-refractivity contribution in [2.75, 3.05) is 5.32 Å². The van der Waals surface area contributed by atoms with Crippen LogP contribution in [0.15, 0.2) is 79.8 Å². The van der Waals surface area contributed by atoms with E-state index in [4.69, 9.17) is 0 Å². The van der Waals surface area contributed by atoms with Gasteiger partial charge in [-0.05, 0) is 30.2 Å². The van der Waals surface area contributed by atoms with E-state index in [-0.39, 0.29) is 6.04 Å². The van der Waals surface area contributed by atoms with Crippen molar-refractivity contribution in [2.24, 2.45) is 0 Å². The number of nitrogens with zero attached hydrogens (tertiary/aromatic N) is 6. The van der Waals surface area contributed by atoms with Crippen molar-refractivity contribution >= 4 is 5.95 Å². The van der Waals surface area contributed by atoms with Gasteiger partial charge in [-0.1, -0.05) is 30.3 Å². The van der Waals surface area contributed by atoms with Crippen molar-refractivity contribution in [1.29, 1.82) is 0 Å². The minimum atomic E-state index is 0.0551. The Labute approximate surface area is 157 Å². The Morgan fingerprint density at radius 1 is 0.963 bits per heavy atom. The minimum absolute atomic E-state index is 0.0551. The summed E-state index contributed by atoms with van der Waals surface area (Å²) in [7, 11) is 0. The molecule has 1 unspecified atom stereocenters. The highest BCUT2D eigenvalue weighted by Crippen LogP contribution is 2.23. The highest BCUT2D eigenvalue weighted by Gasteiger charge is 2.13. The molecular formula is C20H19N7. The van der Waals surface area contributed by atoms with E-state index in [0.717, 1.165) is 24.2 Å². The van der Waals surface area contributed by atoms with Gasteiger partial charge in [0.1, 0.15) is 12.7 Å². The van der Waals surface area contributed by atoms with E-state index >= 15 is 0 Å². The monoisotopic (exact) mass is 357 g/mol. The summed E-state index contributed by atoms with van der Waals surface area (Å²) in [5, 5.41) is 7.65. The highest BCUT2D eigenvalue weighted by atomic mass is 15.3. The van der Waals surface area contributed by atoms with Crippen LogP contribution in [-0.2, 0) is 6.54 Å². The number of nitrogens with one attached hydrogen (secondary N) is 1. The Balaban J connectivity index is 1.56. The number of hydrogen-bond acceptors (Lipinski definition) is 6. The van der Waals surface area contributed by atoms with E-state index < -0.39 is 0 Å². The van der Waals surface area contributed by atoms with E-state index in [1.165, 1.54) is 5.56 Å². The lowest BCUT2D eigenvalue weighted by Gasteiger charge is -2.19. The van der Waals surface area contributed by atoms with Crippen LogP contribution >= 0.6 is 0 Å². The van der Waals surface area contributed by atoms with Crippen LogP contribution in [0.2, 0.25) is 0 Å². The molecule has 0 amide bonds. The molecule has 0 aliphatic carbocycles. The zero-order valence-electron chi connectivity index (χ0n) is 14.7. The molecule has 0 saturated carbocycles. The normalized spacial score (nSPS) is 11.9. The Kier molecular flexibility index (Phi) is 5.10. The van der Waals surface area contributed by atoms with E-state index in [1.807, 2.05) is 41.1 Å². The molecule has 0 aliphatic heterocycles. The summed E-state index contributed by atoms with van der Waals surface area (Å²) in [5.74, 6) is 0.587. The maximum atomic E-state index is 4.66. The quantitative estimate of drug-likeness (QED) is 0.546. The number of rotatable bonds is 7. The second-order valence-electron chi connectivity index (χ2n) is 6.06. The average Bonchev–Trinajstić information content (AvgIpc) is 3.26. The van der Waals surface area contributed by atoms with Gasteiger partial charge >= 0.3 is 0 Å². The van der Waals surface area contributed by atoms with Crippen molar-refractivity contribution in [3.63, 3.8) is 0 Å². The van der Waals surface area contributed by atoms with E-state index in [0.29, 0.717) is 5.95 Å². The summed E-state index contributed by atoms with van der Waals surface area (Å²) >= 11 is 0. The van der Waals surface area contributed by atoms with Gasteiger partial charge in [0, 0.05) is 30.7 Å². The van der Waals surface area contributed by atoms with Gasteiger partial charge in [-0.25, -0.2) is 15.0 Å². The summed E-state index contributed by atoms with van der Waals surface area (Å²) in [5.41, 5.74) is 2.97. The zero-order valence-corrected chi connectivity index (χ0v) is 14.7. The number of aromatic nitrogens is 6. The fourth-order valence-corrected chi connectivity index (χ4v) is 2.88. The topological polar surface area (TPSA) is 81.4 Å². The van der Waals surface area contributed by atoms with Crippen LogP contribution in [0, 0.1) is 0 Å². The first-order chi connectivity index (χ1) is 13.4. The fraction of sp³-hybridized carbons (Fsp3) is 0.150. The third-order valence-corrected chi connectivity index (χ3v) is 4.23. The molecule has 0 bridgehead atoms. The van der Waals surface area contributed by atoms with E-state index in [1.54, 1.807) is 31.2 Å². The zero-order chi connectivity index (χ0) is 18.3. The van der Waals surface area contributed by atoms with Crippen LogP contribution in [0.25, 0.3) is 11.3 Å². The van der Waals surface area contributed by atoms with Gasteiger partial charge in [-0.2, -0.15) is 5.10 Å².